The number of benzene rings is 1. The molecule has 0 bridgehead atoms. The highest BCUT2D eigenvalue weighted by atomic mass is 32.2. The zero-order valence-electron chi connectivity index (χ0n) is 10.0. The minimum absolute atomic E-state index is 0.120. The summed E-state index contributed by atoms with van der Waals surface area (Å²) in [4.78, 5) is 10.3. The minimum Gasteiger partial charge on any atom is -0.481 e. The van der Waals surface area contributed by atoms with Gasteiger partial charge in [0.05, 0.1) is 17.9 Å². The molecule has 0 aliphatic heterocycles. The van der Waals surface area contributed by atoms with E-state index in [1.54, 1.807) is 13.0 Å². The highest BCUT2D eigenvalue weighted by molar-refractivity contribution is 7.91. The Hall–Kier alpha value is -1.43. The molecule has 1 rings (SSSR count). The number of hydrogen-bond donors (Lipinski definition) is 1. The number of carboxylic acid groups (broad SMARTS) is 1. The molecule has 0 heterocycles. The van der Waals surface area contributed by atoms with Gasteiger partial charge < -0.3 is 5.11 Å². The summed E-state index contributed by atoms with van der Waals surface area (Å²) in [5.41, 5.74) is 1.20. The van der Waals surface area contributed by atoms with Gasteiger partial charge in [-0.05, 0) is 30.5 Å². The summed E-state index contributed by atoms with van der Waals surface area (Å²) in [5.74, 6) is -1.93. The van der Waals surface area contributed by atoms with E-state index in [0.717, 1.165) is 5.56 Å². The van der Waals surface area contributed by atoms with Crippen LogP contribution in [0.2, 0.25) is 0 Å². The van der Waals surface area contributed by atoms with Gasteiger partial charge in [-0.25, -0.2) is 12.8 Å². The molecule has 4 nitrogen and oxygen atoms in total. The molecule has 0 atom stereocenters. The molecule has 0 aliphatic carbocycles. The lowest BCUT2D eigenvalue weighted by molar-refractivity contribution is -0.136. The van der Waals surface area contributed by atoms with Crippen molar-refractivity contribution < 1.29 is 22.7 Å². The Morgan fingerprint density at radius 1 is 1.33 bits per heavy atom. The molecule has 0 radical (unpaired) electrons. The van der Waals surface area contributed by atoms with Crippen molar-refractivity contribution >= 4 is 15.8 Å². The van der Waals surface area contributed by atoms with E-state index in [0.29, 0.717) is 5.56 Å². The molecule has 1 aromatic rings. The van der Waals surface area contributed by atoms with Gasteiger partial charge in [0.2, 0.25) is 0 Å². The summed E-state index contributed by atoms with van der Waals surface area (Å²) >= 11 is 0. The molecular formula is C12H15FO4S. The number of rotatable bonds is 6. The zero-order chi connectivity index (χ0) is 13.8. The summed E-state index contributed by atoms with van der Waals surface area (Å²) in [7, 11) is -3.37. The van der Waals surface area contributed by atoms with Crippen LogP contribution in [0, 0.1) is 12.7 Å². The number of halogens is 1. The Morgan fingerprint density at radius 2 is 2.00 bits per heavy atom. The maximum absolute atomic E-state index is 13.0. The van der Waals surface area contributed by atoms with Crippen molar-refractivity contribution in [2.24, 2.45) is 0 Å². The van der Waals surface area contributed by atoms with Crippen LogP contribution in [0.1, 0.15) is 17.5 Å². The summed E-state index contributed by atoms with van der Waals surface area (Å²) in [6.45, 7) is 1.61. The van der Waals surface area contributed by atoms with E-state index in [2.05, 4.69) is 0 Å². The van der Waals surface area contributed by atoms with Gasteiger partial charge in [0.25, 0.3) is 0 Å². The average Bonchev–Trinajstić information content (AvgIpc) is 2.28. The topological polar surface area (TPSA) is 71.4 Å². The maximum atomic E-state index is 13.0. The standard InChI is InChI=1S/C12H15FO4S/c1-9-8-10(2-3-11(9)13)4-6-18(16,17)7-5-12(14)15/h2-3,8H,4-7H2,1H3,(H,14,15). The lowest BCUT2D eigenvalue weighted by Gasteiger charge is -2.04. The van der Waals surface area contributed by atoms with Crippen LogP contribution in [0.25, 0.3) is 0 Å². The number of carboxylic acids is 1. The fourth-order valence-electron chi connectivity index (χ4n) is 1.48. The van der Waals surface area contributed by atoms with Crippen LogP contribution < -0.4 is 0 Å². The summed E-state index contributed by atoms with van der Waals surface area (Å²) in [5, 5.41) is 8.42. The normalized spacial score (nSPS) is 11.4. The van der Waals surface area contributed by atoms with Crippen molar-refractivity contribution in [3.8, 4) is 0 Å². The van der Waals surface area contributed by atoms with Crippen molar-refractivity contribution in [3.05, 3.63) is 35.1 Å². The van der Waals surface area contributed by atoms with Crippen LogP contribution in [0.3, 0.4) is 0 Å². The second kappa shape index (κ2) is 5.95. The molecular weight excluding hydrogens is 259 g/mol. The molecule has 0 saturated heterocycles. The van der Waals surface area contributed by atoms with Crippen molar-refractivity contribution in [2.45, 2.75) is 19.8 Å². The van der Waals surface area contributed by atoms with Crippen LogP contribution in [0.15, 0.2) is 18.2 Å². The van der Waals surface area contributed by atoms with E-state index in [4.69, 9.17) is 5.11 Å². The summed E-state index contributed by atoms with van der Waals surface area (Å²) in [6, 6.07) is 4.44. The second-order valence-electron chi connectivity index (χ2n) is 4.13. The van der Waals surface area contributed by atoms with Gasteiger partial charge in [0.15, 0.2) is 9.84 Å². The van der Waals surface area contributed by atoms with Crippen LogP contribution in [0.4, 0.5) is 4.39 Å². The van der Waals surface area contributed by atoms with Crippen molar-refractivity contribution in [2.75, 3.05) is 11.5 Å². The summed E-state index contributed by atoms with van der Waals surface area (Å²) in [6.07, 6.45) is -0.117. The third-order valence-corrected chi connectivity index (χ3v) is 4.20. The molecule has 0 fully saturated rings. The largest absolute Gasteiger partial charge is 0.481 e. The SMILES string of the molecule is Cc1cc(CCS(=O)(=O)CCC(=O)O)ccc1F. The van der Waals surface area contributed by atoms with Crippen LogP contribution in [-0.2, 0) is 21.1 Å². The number of aliphatic carboxylic acids is 1. The number of hydrogen-bond acceptors (Lipinski definition) is 3. The molecule has 0 saturated carbocycles. The summed E-state index contributed by atoms with van der Waals surface area (Å²) < 4.78 is 36.0. The van der Waals surface area contributed by atoms with Crippen molar-refractivity contribution in [1.29, 1.82) is 0 Å². The van der Waals surface area contributed by atoms with Gasteiger partial charge in [-0.2, -0.15) is 0 Å². The fourth-order valence-corrected chi connectivity index (χ4v) is 2.72. The molecule has 0 aliphatic rings. The molecule has 1 N–H and O–H groups in total. The Labute approximate surface area is 105 Å². The molecule has 0 aromatic heterocycles. The van der Waals surface area contributed by atoms with Gasteiger partial charge in [0.1, 0.15) is 5.82 Å². The van der Waals surface area contributed by atoms with Gasteiger partial charge in [-0.3, -0.25) is 4.79 Å². The Bertz CT molecular complexity index is 537. The van der Waals surface area contributed by atoms with E-state index in [1.807, 2.05) is 0 Å². The van der Waals surface area contributed by atoms with Gasteiger partial charge in [-0.1, -0.05) is 12.1 Å². The minimum atomic E-state index is -3.37. The van der Waals surface area contributed by atoms with E-state index < -0.39 is 15.8 Å². The molecule has 0 unspecified atom stereocenters. The number of sulfone groups is 1. The van der Waals surface area contributed by atoms with Crippen molar-refractivity contribution in [3.63, 3.8) is 0 Å². The van der Waals surface area contributed by atoms with Crippen LogP contribution in [-0.4, -0.2) is 31.0 Å². The second-order valence-corrected chi connectivity index (χ2v) is 6.43. The van der Waals surface area contributed by atoms with Gasteiger partial charge in [-0.15, -0.1) is 0 Å². The quantitative estimate of drug-likeness (QED) is 0.854. The molecule has 18 heavy (non-hydrogen) atoms. The van der Waals surface area contributed by atoms with Gasteiger partial charge >= 0.3 is 5.97 Å². The Kier molecular flexibility index (Phi) is 4.84. The maximum Gasteiger partial charge on any atom is 0.304 e. The zero-order valence-corrected chi connectivity index (χ0v) is 10.8. The first-order valence-electron chi connectivity index (χ1n) is 5.47. The number of carbonyl (C=O) groups is 1. The van der Waals surface area contributed by atoms with E-state index in [9.17, 15) is 17.6 Å². The smallest absolute Gasteiger partial charge is 0.304 e. The van der Waals surface area contributed by atoms with Crippen LogP contribution in [0.5, 0.6) is 0 Å². The monoisotopic (exact) mass is 274 g/mol. The fraction of sp³-hybridized carbons (Fsp3) is 0.417. The van der Waals surface area contributed by atoms with E-state index >= 15 is 0 Å². The highest BCUT2D eigenvalue weighted by Crippen LogP contribution is 2.11. The third-order valence-electron chi connectivity index (χ3n) is 2.55. The lowest BCUT2D eigenvalue weighted by atomic mass is 10.1. The molecule has 0 amide bonds. The molecule has 6 heteroatoms. The average molecular weight is 274 g/mol. The Morgan fingerprint density at radius 3 is 2.56 bits per heavy atom. The third kappa shape index (κ3) is 4.83. The van der Waals surface area contributed by atoms with Gasteiger partial charge in [0, 0.05) is 0 Å². The molecule has 0 spiro atoms. The first-order chi connectivity index (χ1) is 8.30. The highest BCUT2D eigenvalue weighted by Gasteiger charge is 2.13. The van der Waals surface area contributed by atoms with E-state index in [1.165, 1.54) is 12.1 Å². The predicted molar refractivity (Wildman–Crippen MR) is 65.7 cm³/mol. The van der Waals surface area contributed by atoms with Crippen molar-refractivity contribution in [1.82, 2.24) is 0 Å². The molecule has 1 aromatic carbocycles. The molecule has 100 valence electrons. The van der Waals surface area contributed by atoms with Crippen LogP contribution >= 0.6 is 0 Å². The Balaban J connectivity index is 2.59. The number of aryl methyl sites for hydroxylation is 2. The first-order valence-corrected chi connectivity index (χ1v) is 7.29. The first kappa shape index (κ1) is 14.6. The predicted octanol–water partition coefficient (Wildman–Crippen LogP) is 1.57. The lowest BCUT2D eigenvalue weighted by Crippen LogP contribution is -2.15. The van der Waals surface area contributed by atoms with E-state index in [-0.39, 0.29) is 30.2 Å².